The van der Waals surface area contributed by atoms with Gasteiger partial charge < -0.3 is 10.1 Å². The molecular formula is C14H14N6O3S. The number of fused-ring (bicyclic) bond motifs is 1. The molecule has 124 valence electrons. The van der Waals surface area contributed by atoms with Crippen LogP contribution in [0.4, 0.5) is 16.3 Å². The molecule has 0 bridgehead atoms. The lowest BCUT2D eigenvalue weighted by Gasteiger charge is -2.04. The first-order chi connectivity index (χ1) is 11.5. The second kappa shape index (κ2) is 6.62. The second-order valence-electron chi connectivity index (χ2n) is 4.84. The summed E-state index contributed by atoms with van der Waals surface area (Å²) >= 11 is 1.60. The number of hydrogen-bond donors (Lipinski definition) is 2. The number of nitrogens with zero attached hydrogens (tertiary/aromatic N) is 4. The maximum atomic E-state index is 12.1. The predicted molar refractivity (Wildman–Crippen MR) is 89.0 cm³/mol. The third-order valence-corrected chi connectivity index (χ3v) is 3.97. The number of carbonyl (C=O) groups is 2. The summed E-state index contributed by atoms with van der Waals surface area (Å²) in [6.07, 6.45) is 0.673. The Balaban J connectivity index is 1.63. The highest BCUT2D eigenvalue weighted by Crippen LogP contribution is 2.24. The minimum absolute atomic E-state index is 0.0863. The van der Waals surface area contributed by atoms with Crippen LogP contribution in [0.5, 0.6) is 0 Å². The van der Waals surface area contributed by atoms with Crippen molar-refractivity contribution < 1.29 is 14.3 Å². The molecule has 0 aliphatic rings. The predicted octanol–water partition coefficient (Wildman–Crippen LogP) is 2.01. The first-order valence-electron chi connectivity index (χ1n) is 6.95. The van der Waals surface area contributed by atoms with E-state index in [9.17, 15) is 9.59 Å². The van der Waals surface area contributed by atoms with Crippen LogP contribution in [0.1, 0.15) is 5.01 Å². The Kier molecular flexibility index (Phi) is 4.38. The number of nitrogens with one attached hydrogen (secondary N) is 2. The first kappa shape index (κ1) is 15.9. The van der Waals surface area contributed by atoms with E-state index in [4.69, 9.17) is 0 Å². The van der Waals surface area contributed by atoms with Gasteiger partial charge in [-0.25, -0.2) is 9.78 Å². The van der Waals surface area contributed by atoms with E-state index in [0.29, 0.717) is 5.69 Å². The van der Waals surface area contributed by atoms with Crippen LogP contribution >= 0.6 is 11.3 Å². The van der Waals surface area contributed by atoms with Gasteiger partial charge in [0, 0.05) is 5.69 Å². The zero-order valence-electron chi connectivity index (χ0n) is 12.9. The van der Waals surface area contributed by atoms with Gasteiger partial charge >= 0.3 is 6.09 Å². The van der Waals surface area contributed by atoms with Gasteiger partial charge in [-0.3, -0.25) is 10.1 Å². The van der Waals surface area contributed by atoms with Gasteiger partial charge in [-0.05, 0) is 25.1 Å². The normalized spacial score (nSPS) is 10.6. The van der Waals surface area contributed by atoms with Crippen LogP contribution in [0.15, 0.2) is 24.4 Å². The molecule has 24 heavy (non-hydrogen) atoms. The fourth-order valence-corrected chi connectivity index (χ4v) is 2.84. The molecule has 0 fully saturated rings. The minimum Gasteiger partial charge on any atom is -0.453 e. The number of thiazole rings is 1. The van der Waals surface area contributed by atoms with Crippen LogP contribution in [0.3, 0.4) is 0 Å². The third-order valence-electron chi connectivity index (χ3n) is 3.02. The van der Waals surface area contributed by atoms with Crippen molar-refractivity contribution in [2.45, 2.75) is 13.5 Å². The Hall–Kier alpha value is -3.01. The Morgan fingerprint density at radius 3 is 2.96 bits per heavy atom. The molecule has 9 nitrogen and oxygen atoms in total. The molecule has 0 radical (unpaired) electrons. The highest BCUT2D eigenvalue weighted by Gasteiger charge is 2.10. The minimum atomic E-state index is -0.654. The van der Waals surface area contributed by atoms with E-state index in [0.717, 1.165) is 15.2 Å². The van der Waals surface area contributed by atoms with Crippen LogP contribution in [0.2, 0.25) is 0 Å². The molecule has 3 aromatic rings. The molecular weight excluding hydrogens is 332 g/mol. The molecule has 0 saturated heterocycles. The summed E-state index contributed by atoms with van der Waals surface area (Å²) < 4.78 is 5.52. The third kappa shape index (κ3) is 3.66. The van der Waals surface area contributed by atoms with Gasteiger partial charge in [0.1, 0.15) is 6.54 Å². The topological polar surface area (TPSA) is 111 Å². The van der Waals surface area contributed by atoms with E-state index in [-0.39, 0.29) is 18.3 Å². The molecule has 0 aliphatic heterocycles. The van der Waals surface area contributed by atoms with Gasteiger partial charge in [-0.1, -0.05) is 0 Å². The SMILES string of the molecule is COC(=O)Nc1cnn(CC(=O)Nc2ccc3sc(C)nc3c2)n1. The zero-order chi connectivity index (χ0) is 17.1. The van der Waals surface area contributed by atoms with Crippen molar-refractivity contribution in [3.05, 3.63) is 29.4 Å². The molecule has 1 aromatic carbocycles. The molecule has 3 rings (SSSR count). The van der Waals surface area contributed by atoms with E-state index >= 15 is 0 Å². The molecule has 2 heterocycles. The number of amides is 2. The maximum absolute atomic E-state index is 12.1. The molecule has 0 saturated carbocycles. The van der Waals surface area contributed by atoms with Gasteiger partial charge in [0.15, 0.2) is 5.82 Å². The highest BCUT2D eigenvalue weighted by molar-refractivity contribution is 7.18. The summed E-state index contributed by atoms with van der Waals surface area (Å²) in [6.45, 7) is 1.85. The van der Waals surface area contributed by atoms with Crippen molar-refractivity contribution in [1.29, 1.82) is 0 Å². The Labute approximate surface area is 140 Å². The summed E-state index contributed by atoms with van der Waals surface area (Å²) in [5, 5.41) is 14.0. The second-order valence-corrected chi connectivity index (χ2v) is 6.08. The number of aromatic nitrogens is 4. The van der Waals surface area contributed by atoms with E-state index in [1.54, 1.807) is 11.3 Å². The lowest BCUT2D eigenvalue weighted by molar-refractivity contribution is -0.117. The highest BCUT2D eigenvalue weighted by atomic mass is 32.1. The fraction of sp³-hybridized carbons (Fsp3) is 0.214. The molecule has 0 spiro atoms. The van der Waals surface area contributed by atoms with Crippen molar-refractivity contribution in [3.8, 4) is 0 Å². The summed E-state index contributed by atoms with van der Waals surface area (Å²) in [5.74, 6) is -0.0875. The summed E-state index contributed by atoms with van der Waals surface area (Å²) in [5.41, 5.74) is 1.50. The molecule has 2 amide bonds. The van der Waals surface area contributed by atoms with Crippen LogP contribution in [0.25, 0.3) is 10.2 Å². The average Bonchev–Trinajstić information content (AvgIpc) is 3.11. The Bertz CT molecular complexity index is 903. The molecule has 0 aliphatic carbocycles. The van der Waals surface area contributed by atoms with E-state index < -0.39 is 6.09 Å². The number of hydrogen-bond acceptors (Lipinski definition) is 7. The molecule has 2 aromatic heterocycles. The Morgan fingerprint density at radius 1 is 1.33 bits per heavy atom. The first-order valence-corrected chi connectivity index (χ1v) is 7.77. The number of aryl methyl sites for hydroxylation is 1. The summed E-state index contributed by atoms with van der Waals surface area (Å²) in [4.78, 5) is 28.7. The standard InChI is InChI=1S/C14H14N6O3S/c1-8-16-10-5-9(3-4-11(10)24-8)17-13(21)7-20-15-6-12(19-20)18-14(22)23-2/h3-6H,7H2,1-2H3,(H,17,21)(H,18,19,22). The average molecular weight is 346 g/mol. The van der Waals surface area contributed by atoms with Gasteiger partial charge in [-0.15, -0.1) is 16.4 Å². The number of ether oxygens (including phenoxy) is 1. The number of anilines is 2. The fourth-order valence-electron chi connectivity index (χ4n) is 2.04. The number of carbonyl (C=O) groups excluding carboxylic acids is 2. The van der Waals surface area contributed by atoms with Gasteiger partial charge in [0.05, 0.1) is 28.5 Å². The largest absolute Gasteiger partial charge is 0.453 e. The number of methoxy groups -OCH3 is 1. The lowest BCUT2D eigenvalue weighted by Crippen LogP contribution is -2.20. The van der Waals surface area contributed by atoms with Crippen LogP contribution < -0.4 is 10.6 Å². The molecule has 0 unspecified atom stereocenters. The van der Waals surface area contributed by atoms with Crippen LogP contribution in [-0.4, -0.2) is 39.1 Å². The van der Waals surface area contributed by atoms with Gasteiger partial charge in [0.25, 0.3) is 0 Å². The van der Waals surface area contributed by atoms with Crippen molar-refractivity contribution in [1.82, 2.24) is 20.0 Å². The van der Waals surface area contributed by atoms with Gasteiger partial charge in [-0.2, -0.15) is 9.90 Å². The van der Waals surface area contributed by atoms with Crippen molar-refractivity contribution in [3.63, 3.8) is 0 Å². The molecule has 0 atom stereocenters. The van der Waals surface area contributed by atoms with E-state index in [1.807, 2.05) is 25.1 Å². The maximum Gasteiger partial charge on any atom is 0.412 e. The number of rotatable bonds is 4. The monoisotopic (exact) mass is 346 g/mol. The number of benzene rings is 1. The smallest absolute Gasteiger partial charge is 0.412 e. The van der Waals surface area contributed by atoms with Crippen LogP contribution in [0, 0.1) is 6.92 Å². The zero-order valence-corrected chi connectivity index (χ0v) is 13.8. The van der Waals surface area contributed by atoms with Gasteiger partial charge in [0.2, 0.25) is 5.91 Å². The van der Waals surface area contributed by atoms with Crippen molar-refractivity contribution in [2.24, 2.45) is 0 Å². The molecule has 10 heteroatoms. The van der Waals surface area contributed by atoms with E-state index in [1.165, 1.54) is 18.1 Å². The quantitative estimate of drug-likeness (QED) is 0.747. The van der Waals surface area contributed by atoms with E-state index in [2.05, 4.69) is 30.6 Å². The summed E-state index contributed by atoms with van der Waals surface area (Å²) in [7, 11) is 1.24. The Morgan fingerprint density at radius 2 is 2.17 bits per heavy atom. The van der Waals surface area contributed by atoms with Crippen molar-refractivity contribution >= 4 is 45.1 Å². The summed E-state index contributed by atoms with van der Waals surface area (Å²) in [6, 6.07) is 5.55. The molecule has 2 N–H and O–H groups in total. The van der Waals surface area contributed by atoms with Crippen molar-refractivity contribution in [2.75, 3.05) is 17.7 Å². The lowest BCUT2D eigenvalue weighted by atomic mass is 10.3. The van der Waals surface area contributed by atoms with Crippen LogP contribution in [-0.2, 0) is 16.1 Å².